The van der Waals surface area contributed by atoms with Gasteiger partial charge < -0.3 is 55.4 Å². The second-order valence-corrected chi connectivity index (χ2v) is 5.36. The first kappa shape index (κ1) is 21.1. The van der Waals surface area contributed by atoms with Crippen molar-refractivity contribution in [1.82, 2.24) is 0 Å². The van der Waals surface area contributed by atoms with E-state index in [1.165, 1.54) is 0 Å². The standard InChI is InChI=1S/C12H22O12/c13-1-4-6(16)8(18)10(20)12(24-4)23-2-3(14)5(15)7(17)9(19)11(21)22/h3-10,12-20H,1-2H2,(H,21,22)/t3-,4-,5-,6-,7-,8+,9+,10-,12-/m0/s1. The number of carboxylic acid groups (broad SMARTS) is 1. The molecule has 0 aromatic carbocycles. The van der Waals surface area contributed by atoms with Gasteiger partial charge in [0.15, 0.2) is 12.4 Å². The lowest BCUT2D eigenvalue weighted by molar-refractivity contribution is -0.306. The van der Waals surface area contributed by atoms with Gasteiger partial charge in [-0.25, -0.2) is 4.79 Å². The van der Waals surface area contributed by atoms with Crippen LogP contribution in [0.3, 0.4) is 0 Å². The summed E-state index contributed by atoms with van der Waals surface area (Å²) in [7, 11) is 0. The van der Waals surface area contributed by atoms with Crippen molar-refractivity contribution in [2.45, 2.75) is 55.1 Å². The summed E-state index contributed by atoms with van der Waals surface area (Å²) in [5.74, 6) is -1.82. The molecule has 0 aliphatic carbocycles. The molecule has 0 saturated carbocycles. The zero-order valence-corrected chi connectivity index (χ0v) is 12.4. The molecular formula is C12H22O12. The fraction of sp³-hybridized carbons (Fsp3) is 0.917. The second kappa shape index (κ2) is 8.96. The van der Waals surface area contributed by atoms with E-state index >= 15 is 0 Å². The first-order valence-electron chi connectivity index (χ1n) is 6.99. The van der Waals surface area contributed by atoms with Gasteiger partial charge in [0.25, 0.3) is 0 Å². The molecule has 1 rings (SSSR count). The molecule has 142 valence electrons. The van der Waals surface area contributed by atoms with Gasteiger partial charge in [-0.2, -0.15) is 0 Å². The van der Waals surface area contributed by atoms with Gasteiger partial charge in [-0.1, -0.05) is 0 Å². The van der Waals surface area contributed by atoms with Crippen LogP contribution < -0.4 is 0 Å². The van der Waals surface area contributed by atoms with Crippen LogP contribution in [-0.2, 0) is 14.3 Å². The summed E-state index contributed by atoms with van der Waals surface area (Å²) in [6, 6.07) is 0. The van der Waals surface area contributed by atoms with Gasteiger partial charge in [-0.15, -0.1) is 0 Å². The summed E-state index contributed by atoms with van der Waals surface area (Å²) >= 11 is 0. The highest BCUT2D eigenvalue weighted by atomic mass is 16.7. The second-order valence-electron chi connectivity index (χ2n) is 5.36. The monoisotopic (exact) mass is 358 g/mol. The van der Waals surface area contributed by atoms with Crippen LogP contribution in [0.1, 0.15) is 0 Å². The molecule has 12 nitrogen and oxygen atoms in total. The minimum Gasteiger partial charge on any atom is -0.479 e. The Kier molecular flexibility index (Phi) is 7.88. The van der Waals surface area contributed by atoms with Gasteiger partial charge in [0.2, 0.25) is 0 Å². The van der Waals surface area contributed by atoms with Crippen molar-refractivity contribution >= 4 is 5.97 Å². The van der Waals surface area contributed by atoms with Gasteiger partial charge in [0, 0.05) is 0 Å². The van der Waals surface area contributed by atoms with E-state index in [9.17, 15) is 35.4 Å². The number of ether oxygens (including phenoxy) is 2. The van der Waals surface area contributed by atoms with Gasteiger partial charge in [-0.05, 0) is 0 Å². The van der Waals surface area contributed by atoms with Gasteiger partial charge in [0.1, 0.15) is 42.7 Å². The lowest BCUT2D eigenvalue weighted by Gasteiger charge is -2.40. The Labute approximate surface area is 135 Å². The smallest absolute Gasteiger partial charge is 0.335 e. The van der Waals surface area contributed by atoms with Crippen molar-refractivity contribution in [2.75, 3.05) is 13.2 Å². The van der Waals surface area contributed by atoms with Crippen LogP contribution in [0, 0.1) is 0 Å². The molecule has 0 radical (unpaired) electrons. The molecule has 0 aromatic heterocycles. The van der Waals surface area contributed by atoms with Crippen LogP contribution in [0.25, 0.3) is 0 Å². The number of aliphatic carboxylic acids is 1. The fourth-order valence-electron chi connectivity index (χ4n) is 2.06. The summed E-state index contributed by atoms with van der Waals surface area (Å²) in [6.07, 6.45) is -16.4. The highest BCUT2D eigenvalue weighted by Gasteiger charge is 2.44. The van der Waals surface area contributed by atoms with Crippen molar-refractivity contribution in [2.24, 2.45) is 0 Å². The number of hydrogen-bond acceptors (Lipinski definition) is 11. The number of hydrogen-bond donors (Lipinski definition) is 9. The zero-order valence-electron chi connectivity index (χ0n) is 12.4. The molecule has 0 aromatic rings. The molecule has 1 fully saturated rings. The molecule has 1 heterocycles. The number of aliphatic hydroxyl groups is 8. The Balaban J connectivity index is 2.59. The van der Waals surface area contributed by atoms with Crippen molar-refractivity contribution < 1.29 is 60.2 Å². The predicted molar refractivity (Wildman–Crippen MR) is 71.4 cm³/mol. The van der Waals surface area contributed by atoms with Crippen LogP contribution in [0.15, 0.2) is 0 Å². The van der Waals surface area contributed by atoms with Crippen LogP contribution in [-0.4, -0.2) is 120 Å². The van der Waals surface area contributed by atoms with Gasteiger partial charge in [-0.3, -0.25) is 0 Å². The number of carboxylic acids is 1. The van der Waals surface area contributed by atoms with Crippen LogP contribution in [0.5, 0.6) is 0 Å². The zero-order chi connectivity index (χ0) is 18.6. The summed E-state index contributed by atoms with van der Waals surface area (Å²) in [4.78, 5) is 10.5. The fourth-order valence-corrected chi connectivity index (χ4v) is 2.06. The Morgan fingerprint density at radius 2 is 1.58 bits per heavy atom. The van der Waals surface area contributed by atoms with Crippen LogP contribution in [0.2, 0.25) is 0 Å². The van der Waals surface area contributed by atoms with E-state index in [1.807, 2.05) is 0 Å². The molecule has 1 saturated heterocycles. The highest BCUT2D eigenvalue weighted by Crippen LogP contribution is 2.22. The molecule has 0 bridgehead atoms. The summed E-state index contributed by atoms with van der Waals surface area (Å²) in [5.41, 5.74) is 0. The van der Waals surface area contributed by atoms with Gasteiger partial charge >= 0.3 is 5.97 Å². The molecular weight excluding hydrogens is 336 g/mol. The maximum atomic E-state index is 10.5. The quantitative estimate of drug-likeness (QED) is 0.198. The van der Waals surface area contributed by atoms with Crippen LogP contribution >= 0.6 is 0 Å². The third kappa shape index (κ3) is 4.80. The van der Waals surface area contributed by atoms with E-state index in [1.54, 1.807) is 0 Å². The van der Waals surface area contributed by atoms with Crippen molar-refractivity contribution in [3.05, 3.63) is 0 Å². The molecule has 0 amide bonds. The third-order valence-corrected chi connectivity index (χ3v) is 3.60. The molecule has 9 N–H and O–H groups in total. The van der Waals surface area contributed by atoms with E-state index in [4.69, 9.17) is 24.8 Å². The van der Waals surface area contributed by atoms with E-state index < -0.39 is 74.3 Å². The molecule has 0 spiro atoms. The average molecular weight is 358 g/mol. The Morgan fingerprint density at radius 3 is 2.08 bits per heavy atom. The third-order valence-electron chi connectivity index (χ3n) is 3.60. The lowest BCUT2D eigenvalue weighted by atomic mass is 9.99. The highest BCUT2D eigenvalue weighted by molar-refractivity contribution is 5.72. The molecule has 1 aliphatic heterocycles. The Hall–Kier alpha value is -0.930. The minimum absolute atomic E-state index is 0.695. The van der Waals surface area contributed by atoms with Crippen molar-refractivity contribution in [3.63, 3.8) is 0 Å². The summed E-state index contributed by atoms with van der Waals surface area (Å²) in [5, 5.41) is 84.0. The van der Waals surface area contributed by atoms with Crippen molar-refractivity contribution in [1.29, 1.82) is 0 Å². The first-order valence-corrected chi connectivity index (χ1v) is 6.99. The maximum absolute atomic E-state index is 10.5. The van der Waals surface area contributed by atoms with Crippen LogP contribution in [0.4, 0.5) is 0 Å². The SMILES string of the molecule is O=C(O)[C@H](O)[C@@H](O)[C@@H](O)[C@@H](O)CO[C@H]1O[C@@H](CO)[C@H](O)[C@@H](O)[C@@H]1O. The van der Waals surface area contributed by atoms with E-state index in [0.717, 1.165) is 0 Å². The van der Waals surface area contributed by atoms with Gasteiger partial charge in [0.05, 0.1) is 13.2 Å². The summed E-state index contributed by atoms with van der Waals surface area (Å²) in [6.45, 7) is -1.48. The molecule has 12 heteroatoms. The maximum Gasteiger partial charge on any atom is 0.335 e. The Morgan fingerprint density at radius 1 is 1.00 bits per heavy atom. The topological polar surface area (TPSA) is 218 Å². The van der Waals surface area contributed by atoms with E-state index in [0.29, 0.717) is 0 Å². The first-order chi connectivity index (χ1) is 11.1. The van der Waals surface area contributed by atoms with Crippen molar-refractivity contribution in [3.8, 4) is 0 Å². The van der Waals surface area contributed by atoms with E-state index in [2.05, 4.69) is 0 Å². The average Bonchev–Trinajstić information content (AvgIpc) is 2.56. The van der Waals surface area contributed by atoms with E-state index in [-0.39, 0.29) is 0 Å². The Bertz CT molecular complexity index is 403. The largest absolute Gasteiger partial charge is 0.479 e. The summed E-state index contributed by atoms with van der Waals surface area (Å²) < 4.78 is 9.89. The lowest BCUT2D eigenvalue weighted by Crippen LogP contribution is -2.59. The number of rotatable bonds is 8. The molecule has 1 aliphatic rings. The molecule has 0 unspecified atom stereocenters. The molecule has 9 atom stereocenters. The normalized spacial score (nSPS) is 35.9. The molecule has 24 heavy (non-hydrogen) atoms. The predicted octanol–water partition coefficient (Wildman–Crippen LogP) is -5.67. The number of aliphatic hydroxyl groups excluding tert-OH is 8. The number of carbonyl (C=O) groups is 1. The minimum atomic E-state index is -2.35.